The van der Waals surface area contributed by atoms with Gasteiger partial charge in [-0.2, -0.15) is 0 Å². The molecular weight excluding hydrogens is 316 g/mol. The molecule has 0 saturated carbocycles. The van der Waals surface area contributed by atoms with E-state index in [1.165, 1.54) is 14.0 Å². The minimum absolute atomic E-state index is 0.0556. The summed E-state index contributed by atoms with van der Waals surface area (Å²) in [4.78, 5) is 35.5. The molecule has 0 heterocycles. The number of hydrogen-bond acceptors (Lipinski definition) is 6. The average molecular weight is 346 g/mol. The molecule has 0 aliphatic heterocycles. The number of carbonyl (C=O) groups is 3. The van der Waals surface area contributed by atoms with Crippen molar-refractivity contribution in [1.82, 2.24) is 10.6 Å². The molecule has 8 nitrogen and oxygen atoms in total. The fourth-order valence-corrected chi connectivity index (χ4v) is 1.49. The Bertz CT molecular complexity index is 431. The first-order valence-corrected chi connectivity index (χ1v) is 7.91. The molecule has 140 valence electrons. The van der Waals surface area contributed by atoms with Crippen LogP contribution >= 0.6 is 0 Å². The van der Waals surface area contributed by atoms with Gasteiger partial charge in [0.05, 0.1) is 25.9 Å². The monoisotopic (exact) mass is 346 g/mol. The number of methoxy groups -OCH3 is 1. The molecule has 2 amide bonds. The van der Waals surface area contributed by atoms with Gasteiger partial charge in [0.2, 0.25) is 5.91 Å². The summed E-state index contributed by atoms with van der Waals surface area (Å²) in [7, 11) is 1.23. The highest BCUT2D eigenvalue weighted by atomic mass is 16.6. The zero-order valence-electron chi connectivity index (χ0n) is 15.6. The van der Waals surface area contributed by atoms with E-state index in [1.54, 1.807) is 0 Å². The van der Waals surface area contributed by atoms with E-state index in [-0.39, 0.29) is 19.1 Å². The van der Waals surface area contributed by atoms with Gasteiger partial charge < -0.3 is 24.8 Å². The van der Waals surface area contributed by atoms with Gasteiger partial charge in [-0.15, -0.1) is 0 Å². The van der Waals surface area contributed by atoms with Crippen molar-refractivity contribution in [1.29, 1.82) is 0 Å². The molecule has 0 aromatic heterocycles. The smallest absolute Gasteiger partial charge is 0.407 e. The van der Waals surface area contributed by atoms with Crippen molar-refractivity contribution in [2.24, 2.45) is 5.92 Å². The lowest BCUT2D eigenvalue weighted by Gasteiger charge is -2.25. The number of amides is 2. The number of carbonyl (C=O) groups excluding carboxylic acids is 3. The first-order valence-electron chi connectivity index (χ1n) is 7.91. The van der Waals surface area contributed by atoms with Gasteiger partial charge >= 0.3 is 12.1 Å². The van der Waals surface area contributed by atoms with Crippen LogP contribution in [0.15, 0.2) is 0 Å². The molecular formula is C16H30N2O6. The molecule has 0 bridgehead atoms. The number of esters is 1. The number of hydrogen-bond donors (Lipinski definition) is 2. The second-order valence-corrected chi connectivity index (χ2v) is 6.87. The second-order valence-electron chi connectivity index (χ2n) is 6.87. The third kappa shape index (κ3) is 10.0. The molecule has 0 rings (SSSR count). The zero-order chi connectivity index (χ0) is 18.9. The number of ether oxygens (including phenoxy) is 3. The minimum atomic E-state index is -0.990. The van der Waals surface area contributed by atoms with Crippen molar-refractivity contribution < 1.29 is 28.6 Å². The molecule has 8 heteroatoms. The summed E-state index contributed by atoms with van der Waals surface area (Å²) >= 11 is 0. The molecule has 0 aliphatic carbocycles. The van der Waals surface area contributed by atoms with Gasteiger partial charge in [-0.25, -0.2) is 9.59 Å². The van der Waals surface area contributed by atoms with Crippen molar-refractivity contribution in [3.8, 4) is 0 Å². The molecule has 2 atom stereocenters. The summed E-state index contributed by atoms with van der Waals surface area (Å²) in [5, 5.41) is 4.93. The van der Waals surface area contributed by atoms with Crippen LogP contribution in [-0.2, 0) is 23.8 Å². The fourth-order valence-electron chi connectivity index (χ4n) is 1.49. The van der Waals surface area contributed by atoms with E-state index in [0.717, 1.165) is 0 Å². The predicted molar refractivity (Wildman–Crippen MR) is 88.4 cm³/mol. The van der Waals surface area contributed by atoms with Crippen LogP contribution in [0.4, 0.5) is 4.79 Å². The zero-order valence-corrected chi connectivity index (χ0v) is 15.6. The third-order valence-electron chi connectivity index (χ3n) is 2.75. The SMILES string of the molecule is COC(=O)C(C)NC(=O)C(COC(C)(C)C)NC(=O)OCC(C)C. The van der Waals surface area contributed by atoms with Crippen LogP contribution in [0.1, 0.15) is 41.5 Å². The highest BCUT2D eigenvalue weighted by Crippen LogP contribution is 2.07. The van der Waals surface area contributed by atoms with E-state index in [4.69, 9.17) is 9.47 Å². The van der Waals surface area contributed by atoms with E-state index in [1.807, 2.05) is 34.6 Å². The summed E-state index contributed by atoms with van der Waals surface area (Å²) in [6, 6.07) is -1.83. The van der Waals surface area contributed by atoms with Crippen molar-refractivity contribution >= 4 is 18.0 Å². The van der Waals surface area contributed by atoms with Crippen LogP contribution in [0, 0.1) is 5.92 Å². The van der Waals surface area contributed by atoms with Gasteiger partial charge in [-0.05, 0) is 33.6 Å². The summed E-state index contributed by atoms with van der Waals surface area (Å²) in [5.41, 5.74) is -0.490. The van der Waals surface area contributed by atoms with Gasteiger partial charge in [0.15, 0.2) is 0 Å². The van der Waals surface area contributed by atoms with Crippen LogP contribution in [0.5, 0.6) is 0 Å². The quantitative estimate of drug-likeness (QED) is 0.641. The summed E-state index contributed by atoms with van der Waals surface area (Å²) in [6.45, 7) is 11.0. The molecule has 2 unspecified atom stereocenters. The fraction of sp³-hybridized carbons (Fsp3) is 0.812. The molecule has 0 spiro atoms. The largest absolute Gasteiger partial charge is 0.467 e. The third-order valence-corrected chi connectivity index (χ3v) is 2.75. The Morgan fingerprint density at radius 1 is 1.00 bits per heavy atom. The molecule has 0 saturated heterocycles. The van der Waals surface area contributed by atoms with Crippen LogP contribution < -0.4 is 10.6 Å². The van der Waals surface area contributed by atoms with E-state index < -0.39 is 35.7 Å². The Morgan fingerprint density at radius 3 is 2.04 bits per heavy atom. The molecule has 0 fully saturated rings. The van der Waals surface area contributed by atoms with Gasteiger partial charge in [-0.1, -0.05) is 13.8 Å². The Labute approximate surface area is 143 Å². The van der Waals surface area contributed by atoms with Gasteiger partial charge in [0.1, 0.15) is 12.1 Å². The Kier molecular flexibility index (Phi) is 9.35. The Morgan fingerprint density at radius 2 is 1.58 bits per heavy atom. The number of nitrogens with one attached hydrogen (secondary N) is 2. The van der Waals surface area contributed by atoms with Gasteiger partial charge in [-0.3, -0.25) is 4.79 Å². The lowest BCUT2D eigenvalue weighted by molar-refractivity contribution is -0.145. The maximum atomic E-state index is 12.3. The first kappa shape index (κ1) is 22.2. The van der Waals surface area contributed by atoms with Crippen molar-refractivity contribution in [3.63, 3.8) is 0 Å². The minimum Gasteiger partial charge on any atom is -0.467 e. The molecule has 0 aliphatic rings. The van der Waals surface area contributed by atoms with E-state index >= 15 is 0 Å². The number of alkyl carbamates (subject to hydrolysis) is 1. The van der Waals surface area contributed by atoms with E-state index in [2.05, 4.69) is 15.4 Å². The van der Waals surface area contributed by atoms with Crippen molar-refractivity contribution in [2.45, 2.75) is 59.2 Å². The van der Waals surface area contributed by atoms with Crippen LogP contribution in [0.3, 0.4) is 0 Å². The maximum absolute atomic E-state index is 12.3. The highest BCUT2D eigenvalue weighted by Gasteiger charge is 2.27. The molecule has 0 radical (unpaired) electrons. The lowest BCUT2D eigenvalue weighted by atomic mass is 10.2. The predicted octanol–water partition coefficient (Wildman–Crippen LogP) is 1.23. The van der Waals surface area contributed by atoms with Crippen LogP contribution in [-0.4, -0.2) is 56.0 Å². The highest BCUT2D eigenvalue weighted by molar-refractivity contribution is 5.89. The van der Waals surface area contributed by atoms with Crippen molar-refractivity contribution in [2.75, 3.05) is 20.3 Å². The summed E-state index contributed by atoms with van der Waals surface area (Å²) in [5.74, 6) is -0.965. The molecule has 24 heavy (non-hydrogen) atoms. The summed E-state index contributed by atoms with van der Waals surface area (Å²) < 4.78 is 15.1. The Balaban J connectivity index is 4.81. The normalized spacial score (nSPS) is 13.8. The maximum Gasteiger partial charge on any atom is 0.407 e. The standard InChI is InChI=1S/C16H30N2O6/c1-10(2)8-23-15(21)18-12(9-24-16(4,5)6)13(19)17-11(3)14(20)22-7/h10-12H,8-9H2,1-7H3,(H,17,19)(H,18,21). The van der Waals surface area contributed by atoms with Gasteiger partial charge in [0, 0.05) is 0 Å². The number of rotatable bonds is 8. The van der Waals surface area contributed by atoms with E-state index in [0.29, 0.717) is 0 Å². The topological polar surface area (TPSA) is 103 Å². The summed E-state index contributed by atoms with van der Waals surface area (Å²) in [6.07, 6.45) is -0.716. The second kappa shape index (κ2) is 10.1. The Hall–Kier alpha value is -1.83. The molecule has 2 N–H and O–H groups in total. The molecule has 0 aromatic carbocycles. The molecule has 0 aromatic rings. The van der Waals surface area contributed by atoms with Crippen LogP contribution in [0.25, 0.3) is 0 Å². The van der Waals surface area contributed by atoms with Gasteiger partial charge in [0.25, 0.3) is 0 Å². The van der Waals surface area contributed by atoms with Crippen molar-refractivity contribution in [3.05, 3.63) is 0 Å². The lowest BCUT2D eigenvalue weighted by Crippen LogP contribution is -2.53. The van der Waals surface area contributed by atoms with E-state index in [9.17, 15) is 14.4 Å². The first-order chi connectivity index (χ1) is 11.0. The average Bonchev–Trinajstić information content (AvgIpc) is 2.47. The van der Waals surface area contributed by atoms with Crippen LogP contribution in [0.2, 0.25) is 0 Å².